The van der Waals surface area contributed by atoms with E-state index in [4.69, 9.17) is 5.26 Å². The van der Waals surface area contributed by atoms with Gasteiger partial charge in [-0.1, -0.05) is 20.8 Å². The Kier molecular flexibility index (Phi) is 4.92. The Morgan fingerprint density at radius 2 is 2.12 bits per heavy atom. The molecule has 0 bridgehead atoms. The molecular weight excluding hydrogens is 238 g/mol. The van der Waals surface area contributed by atoms with Crippen molar-refractivity contribution < 1.29 is 8.42 Å². The van der Waals surface area contributed by atoms with Crippen molar-refractivity contribution in [3.8, 4) is 6.07 Å². The lowest BCUT2D eigenvalue weighted by Gasteiger charge is -2.31. The lowest BCUT2D eigenvalue weighted by atomic mass is 10.0. The fourth-order valence-corrected chi connectivity index (χ4v) is 3.53. The molecule has 2 atom stereocenters. The van der Waals surface area contributed by atoms with E-state index in [1.54, 1.807) is 0 Å². The first-order chi connectivity index (χ1) is 7.86. The average Bonchev–Trinajstić information content (AvgIpc) is 2.25. The number of piperidine rings is 1. The highest BCUT2D eigenvalue weighted by atomic mass is 32.2. The van der Waals surface area contributed by atoms with Crippen LogP contribution in [0.25, 0.3) is 0 Å². The van der Waals surface area contributed by atoms with Crippen LogP contribution in [-0.4, -0.2) is 31.9 Å². The summed E-state index contributed by atoms with van der Waals surface area (Å²) in [4.78, 5) is 0. The lowest BCUT2D eigenvalue weighted by Crippen LogP contribution is -2.49. The number of hydrogen-bond donors (Lipinski definition) is 1. The highest BCUT2D eigenvalue weighted by Crippen LogP contribution is 2.18. The van der Waals surface area contributed by atoms with Crippen LogP contribution in [0, 0.1) is 23.2 Å². The number of rotatable bonds is 4. The van der Waals surface area contributed by atoms with Gasteiger partial charge >= 0.3 is 0 Å². The molecule has 0 saturated carbocycles. The van der Waals surface area contributed by atoms with Crippen LogP contribution in [-0.2, 0) is 10.2 Å². The number of nitrogens with one attached hydrogen (secondary N) is 1. The molecule has 5 nitrogen and oxygen atoms in total. The zero-order valence-corrected chi connectivity index (χ0v) is 11.5. The molecule has 1 heterocycles. The molecule has 1 saturated heterocycles. The standard InChI is InChI=1S/C11H21N3O2S/c1-9(2)11(7-12)13-17(15,16)14-6-4-5-10(3)8-14/h9-11,13H,4-6,8H2,1-3H3. The fourth-order valence-electron chi connectivity index (χ4n) is 1.91. The smallest absolute Gasteiger partial charge is 0.197 e. The van der Waals surface area contributed by atoms with E-state index < -0.39 is 16.3 Å². The Bertz CT molecular complexity index is 386. The Morgan fingerprint density at radius 3 is 2.59 bits per heavy atom. The van der Waals surface area contributed by atoms with Crippen LogP contribution in [0.15, 0.2) is 0 Å². The van der Waals surface area contributed by atoms with Crippen molar-refractivity contribution in [2.45, 2.75) is 39.7 Å². The highest BCUT2D eigenvalue weighted by Gasteiger charge is 2.29. The molecule has 1 aliphatic rings. The monoisotopic (exact) mass is 259 g/mol. The van der Waals surface area contributed by atoms with Gasteiger partial charge in [0.2, 0.25) is 0 Å². The topological polar surface area (TPSA) is 73.2 Å². The molecule has 0 amide bonds. The second-order valence-corrected chi connectivity index (χ2v) is 6.78. The minimum absolute atomic E-state index is 0.0306. The molecule has 1 fully saturated rings. The van der Waals surface area contributed by atoms with E-state index in [2.05, 4.69) is 4.72 Å². The Balaban J connectivity index is 2.71. The van der Waals surface area contributed by atoms with E-state index in [0.29, 0.717) is 19.0 Å². The van der Waals surface area contributed by atoms with Crippen LogP contribution >= 0.6 is 0 Å². The Labute approximate surface area is 104 Å². The van der Waals surface area contributed by atoms with Gasteiger partial charge in [0.15, 0.2) is 0 Å². The normalized spacial score (nSPS) is 24.5. The number of nitriles is 1. The van der Waals surface area contributed by atoms with Crippen LogP contribution in [0.5, 0.6) is 0 Å². The van der Waals surface area contributed by atoms with E-state index in [1.165, 1.54) is 4.31 Å². The van der Waals surface area contributed by atoms with Crippen molar-refractivity contribution >= 4 is 10.2 Å². The van der Waals surface area contributed by atoms with E-state index >= 15 is 0 Å². The van der Waals surface area contributed by atoms with Crippen molar-refractivity contribution in [1.82, 2.24) is 9.03 Å². The maximum absolute atomic E-state index is 12.1. The summed E-state index contributed by atoms with van der Waals surface area (Å²) in [6, 6.07) is 1.34. The molecule has 0 aromatic rings. The zero-order valence-electron chi connectivity index (χ0n) is 10.7. The first kappa shape index (κ1) is 14.4. The van der Waals surface area contributed by atoms with Gasteiger partial charge in [-0.25, -0.2) is 0 Å². The molecule has 6 heteroatoms. The van der Waals surface area contributed by atoms with E-state index in [9.17, 15) is 8.42 Å². The van der Waals surface area contributed by atoms with Gasteiger partial charge in [-0.3, -0.25) is 0 Å². The summed E-state index contributed by atoms with van der Waals surface area (Å²) in [6.07, 6.45) is 1.96. The molecule has 17 heavy (non-hydrogen) atoms. The predicted octanol–water partition coefficient (Wildman–Crippen LogP) is 1.10. The second kappa shape index (κ2) is 5.80. The minimum atomic E-state index is -3.51. The van der Waals surface area contributed by atoms with Crippen LogP contribution < -0.4 is 4.72 Å². The summed E-state index contributed by atoms with van der Waals surface area (Å²) in [5.41, 5.74) is 0. The number of nitrogens with zero attached hydrogens (tertiary/aromatic N) is 2. The van der Waals surface area contributed by atoms with Crippen molar-refractivity contribution in [1.29, 1.82) is 5.26 Å². The van der Waals surface area contributed by atoms with E-state index in [1.807, 2.05) is 26.8 Å². The third-order valence-electron chi connectivity index (χ3n) is 3.04. The van der Waals surface area contributed by atoms with Crippen molar-refractivity contribution in [3.63, 3.8) is 0 Å². The van der Waals surface area contributed by atoms with Gasteiger partial charge in [-0.15, -0.1) is 0 Å². The predicted molar refractivity (Wildman–Crippen MR) is 66.3 cm³/mol. The molecule has 0 aromatic heterocycles. The van der Waals surface area contributed by atoms with Gasteiger partial charge in [0.25, 0.3) is 10.2 Å². The molecule has 98 valence electrons. The quantitative estimate of drug-likeness (QED) is 0.821. The molecule has 0 aliphatic carbocycles. The summed E-state index contributed by atoms with van der Waals surface area (Å²) in [5, 5.41) is 8.91. The zero-order chi connectivity index (χ0) is 13.1. The van der Waals surface area contributed by atoms with Crippen LogP contribution in [0.3, 0.4) is 0 Å². The Hall–Kier alpha value is -0.640. The summed E-state index contributed by atoms with van der Waals surface area (Å²) in [7, 11) is -3.51. The van der Waals surface area contributed by atoms with Crippen molar-refractivity contribution in [2.75, 3.05) is 13.1 Å². The largest absolute Gasteiger partial charge is 0.280 e. The van der Waals surface area contributed by atoms with Gasteiger partial charge in [-0.05, 0) is 24.7 Å². The lowest BCUT2D eigenvalue weighted by molar-refractivity contribution is 0.276. The summed E-state index contributed by atoms with van der Waals surface area (Å²) >= 11 is 0. The van der Waals surface area contributed by atoms with Gasteiger partial charge < -0.3 is 0 Å². The first-order valence-corrected chi connectivity index (χ1v) is 7.48. The summed E-state index contributed by atoms with van der Waals surface area (Å²) in [6.45, 7) is 6.80. The molecule has 1 aliphatic heterocycles. The van der Waals surface area contributed by atoms with E-state index in [-0.39, 0.29) is 5.92 Å². The molecule has 2 unspecified atom stereocenters. The van der Waals surface area contributed by atoms with Crippen LogP contribution in [0.4, 0.5) is 0 Å². The van der Waals surface area contributed by atoms with Gasteiger partial charge in [0, 0.05) is 13.1 Å². The molecule has 0 radical (unpaired) electrons. The molecule has 0 spiro atoms. The van der Waals surface area contributed by atoms with Crippen molar-refractivity contribution in [2.24, 2.45) is 11.8 Å². The van der Waals surface area contributed by atoms with Crippen molar-refractivity contribution in [3.05, 3.63) is 0 Å². The molecule has 1 rings (SSSR count). The maximum Gasteiger partial charge on any atom is 0.280 e. The highest BCUT2D eigenvalue weighted by molar-refractivity contribution is 7.87. The second-order valence-electron chi connectivity index (χ2n) is 5.08. The summed E-state index contributed by atoms with van der Waals surface area (Å²) < 4.78 is 28.1. The third-order valence-corrected chi connectivity index (χ3v) is 4.60. The van der Waals surface area contributed by atoms with E-state index in [0.717, 1.165) is 12.8 Å². The average molecular weight is 259 g/mol. The van der Waals surface area contributed by atoms with Crippen LogP contribution in [0.2, 0.25) is 0 Å². The molecular formula is C11H21N3O2S. The third kappa shape index (κ3) is 3.95. The summed E-state index contributed by atoms with van der Waals surface area (Å²) in [5.74, 6) is 0.358. The Morgan fingerprint density at radius 1 is 1.47 bits per heavy atom. The maximum atomic E-state index is 12.1. The molecule has 1 N–H and O–H groups in total. The van der Waals surface area contributed by atoms with Crippen LogP contribution in [0.1, 0.15) is 33.6 Å². The minimum Gasteiger partial charge on any atom is -0.197 e. The number of hydrogen-bond acceptors (Lipinski definition) is 3. The SMILES string of the molecule is CC1CCCN(S(=O)(=O)NC(C#N)C(C)C)C1. The molecule has 0 aromatic carbocycles. The van der Waals surface area contributed by atoms with Gasteiger partial charge in [-0.2, -0.15) is 22.7 Å². The first-order valence-electron chi connectivity index (χ1n) is 6.04. The van der Waals surface area contributed by atoms with Gasteiger partial charge in [0.05, 0.1) is 6.07 Å². The fraction of sp³-hybridized carbons (Fsp3) is 0.909. The van der Waals surface area contributed by atoms with Gasteiger partial charge in [0.1, 0.15) is 6.04 Å².